The van der Waals surface area contributed by atoms with Crippen LogP contribution in [0.25, 0.3) is 0 Å². The zero-order valence-corrected chi connectivity index (χ0v) is 11.1. The summed E-state index contributed by atoms with van der Waals surface area (Å²) >= 11 is 0. The Hall–Kier alpha value is -1.59. The van der Waals surface area contributed by atoms with Crippen LogP contribution in [-0.4, -0.2) is 28.8 Å². The normalized spacial score (nSPS) is 20.8. The first kappa shape index (κ1) is 12.4. The summed E-state index contributed by atoms with van der Waals surface area (Å²) in [6.07, 6.45) is 8.02. The van der Waals surface area contributed by atoms with E-state index in [0.29, 0.717) is 6.10 Å². The van der Waals surface area contributed by atoms with Gasteiger partial charge in [-0.15, -0.1) is 0 Å². The van der Waals surface area contributed by atoms with Gasteiger partial charge in [-0.05, 0) is 25.0 Å². The molecule has 5 nitrogen and oxygen atoms in total. The van der Waals surface area contributed by atoms with Crippen molar-refractivity contribution in [3.63, 3.8) is 0 Å². The van der Waals surface area contributed by atoms with Crippen molar-refractivity contribution in [1.82, 2.24) is 14.9 Å². The van der Waals surface area contributed by atoms with E-state index >= 15 is 0 Å². The average Bonchev–Trinajstić information content (AvgIpc) is 3.13. The van der Waals surface area contributed by atoms with Crippen molar-refractivity contribution in [3.05, 3.63) is 42.4 Å². The van der Waals surface area contributed by atoms with Crippen molar-refractivity contribution in [2.45, 2.75) is 25.0 Å². The number of ether oxygens (including phenoxy) is 1. The predicted octanol–water partition coefficient (Wildman–Crippen LogP) is 1.87. The summed E-state index contributed by atoms with van der Waals surface area (Å²) in [5, 5.41) is 3.51. The molecule has 2 aromatic heterocycles. The maximum absolute atomic E-state index is 5.65. The number of aromatic nitrogens is 2. The third kappa shape index (κ3) is 2.72. The first-order valence-electron chi connectivity index (χ1n) is 6.70. The lowest BCUT2D eigenvalue weighted by molar-refractivity contribution is 0.107. The molecule has 19 heavy (non-hydrogen) atoms. The fraction of sp³-hybridized carbons (Fsp3) is 0.500. The van der Waals surface area contributed by atoms with E-state index in [0.717, 1.165) is 37.6 Å². The number of furan rings is 1. The van der Waals surface area contributed by atoms with Gasteiger partial charge in [0.1, 0.15) is 17.6 Å². The van der Waals surface area contributed by atoms with E-state index in [1.807, 2.05) is 29.9 Å². The van der Waals surface area contributed by atoms with E-state index in [1.165, 1.54) is 0 Å². The zero-order chi connectivity index (χ0) is 13.1. The lowest BCUT2D eigenvalue weighted by atomic mass is 10.2. The smallest absolute Gasteiger partial charge is 0.133 e. The Morgan fingerprint density at radius 1 is 1.58 bits per heavy atom. The van der Waals surface area contributed by atoms with Crippen molar-refractivity contribution >= 4 is 0 Å². The van der Waals surface area contributed by atoms with Crippen LogP contribution in [-0.2, 0) is 11.8 Å². The molecule has 0 amide bonds. The summed E-state index contributed by atoms with van der Waals surface area (Å²) in [5.41, 5.74) is 0. The van der Waals surface area contributed by atoms with Gasteiger partial charge in [-0.1, -0.05) is 0 Å². The highest BCUT2D eigenvalue weighted by Crippen LogP contribution is 2.21. The molecule has 1 aliphatic heterocycles. The van der Waals surface area contributed by atoms with Gasteiger partial charge in [-0.25, -0.2) is 4.98 Å². The second kappa shape index (κ2) is 5.59. The van der Waals surface area contributed by atoms with Crippen LogP contribution < -0.4 is 5.32 Å². The second-order valence-electron chi connectivity index (χ2n) is 4.89. The average molecular weight is 261 g/mol. The standard InChI is InChI=1S/C14H19N3O2/c1-17-7-6-15-14(17)13(12-5-3-9-19-12)16-10-11-4-2-8-18-11/h3,5-7,9,11,13,16H,2,4,8,10H2,1H3. The number of rotatable bonds is 5. The monoisotopic (exact) mass is 261 g/mol. The summed E-state index contributed by atoms with van der Waals surface area (Å²) in [6, 6.07) is 3.85. The maximum Gasteiger partial charge on any atom is 0.133 e. The van der Waals surface area contributed by atoms with E-state index < -0.39 is 0 Å². The van der Waals surface area contributed by atoms with Gasteiger partial charge in [0, 0.05) is 32.6 Å². The highest BCUT2D eigenvalue weighted by Gasteiger charge is 2.23. The van der Waals surface area contributed by atoms with Crippen molar-refractivity contribution in [2.24, 2.45) is 7.05 Å². The Morgan fingerprint density at radius 2 is 2.53 bits per heavy atom. The molecule has 2 aromatic rings. The molecule has 1 aliphatic rings. The quantitative estimate of drug-likeness (QED) is 0.892. The molecule has 102 valence electrons. The summed E-state index contributed by atoms with van der Waals surface area (Å²) < 4.78 is 13.2. The van der Waals surface area contributed by atoms with Crippen molar-refractivity contribution < 1.29 is 9.15 Å². The fourth-order valence-corrected chi connectivity index (χ4v) is 2.48. The van der Waals surface area contributed by atoms with Crippen LogP contribution >= 0.6 is 0 Å². The molecule has 0 aliphatic carbocycles. The number of imidazole rings is 1. The molecule has 0 saturated carbocycles. The van der Waals surface area contributed by atoms with Crippen molar-refractivity contribution in [2.75, 3.05) is 13.2 Å². The molecule has 0 spiro atoms. The lowest BCUT2D eigenvalue weighted by Gasteiger charge is -2.18. The summed E-state index contributed by atoms with van der Waals surface area (Å²) in [7, 11) is 1.99. The van der Waals surface area contributed by atoms with Gasteiger partial charge in [0.2, 0.25) is 0 Å². The Kier molecular flexibility index (Phi) is 3.66. The summed E-state index contributed by atoms with van der Waals surface area (Å²) in [5.74, 6) is 1.83. The molecule has 0 radical (unpaired) electrons. The number of aryl methyl sites for hydroxylation is 1. The first-order valence-corrected chi connectivity index (χ1v) is 6.70. The minimum Gasteiger partial charge on any atom is -0.467 e. The van der Waals surface area contributed by atoms with Gasteiger partial charge < -0.3 is 13.7 Å². The lowest BCUT2D eigenvalue weighted by Crippen LogP contribution is -2.32. The number of hydrogen-bond acceptors (Lipinski definition) is 4. The van der Waals surface area contributed by atoms with Gasteiger partial charge in [0.15, 0.2) is 0 Å². The molecule has 1 saturated heterocycles. The molecule has 2 unspecified atom stereocenters. The third-order valence-electron chi connectivity index (χ3n) is 3.52. The molecule has 0 bridgehead atoms. The molecule has 0 aromatic carbocycles. The molecule has 1 fully saturated rings. The first-order chi connectivity index (χ1) is 9.34. The third-order valence-corrected chi connectivity index (χ3v) is 3.52. The van der Waals surface area contributed by atoms with Crippen molar-refractivity contribution in [1.29, 1.82) is 0 Å². The molecular weight excluding hydrogens is 242 g/mol. The van der Waals surface area contributed by atoms with Gasteiger partial charge in [0.25, 0.3) is 0 Å². The van der Waals surface area contributed by atoms with E-state index in [1.54, 1.807) is 12.5 Å². The molecular formula is C14H19N3O2. The maximum atomic E-state index is 5.65. The van der Waals surface area contributed by atoms with Crippen LogP contribution in [0, 0.1) is 0 Å². The Bertz CT molecular complexity index is 501. The molecule has 2 atom stereocenters. The minimum absolute atomic E-state index is 0.0285. The Labute approximate surface area is 112 Å². The van der Waals surface area contributed by atoms with Crippen molar-refractivity contribution in [3.8, 4) is 0 Å². The topological polar surface area (TPSA) is 52.2 Å². The van der Waals surface area contributed by atoms with Crippen LogP contribution in [0.4, 0.5) is 0 Å². The summed E-state index contributed by atoms with van der Waals surface area (Å²) in [4.78, 5) is 4.42. The van der Waals surface area contributed by atoms with Gasteiger partial charge in [-0.3, -0.25) is 5.32 Å². The van der Waals surface area contributed by atoms with Crippen LogP contribution in [0.1, 0.15) is 30.5 Å². The predicted molar refractivity (Wildman–Crippen MR) is 70.7 cm³/mol. The highest BCUT2D eigenvalue weighted by atomic mass is 16.5. The second-order valence-corrected chi connectivity index (χ2v) is 4.89. The van der Waals surface area contributed by atoms with E-state index in [-0.39, 0.29) is 6.04 Å². The van der Waals surface area contributed by atoms with E-state index in [4.69, 9.17) is 9.15 Å². The molecule has 3 heterocycles. The van der Waals surface area contributed by atoms with E-state index in [2.05, 4.69) is 10.3 Å². The van der Waals surface area contributed by atoms with E-state index in [9.17, 15) is 0 Å². The van der Waals surface area contributed by atoms with Gasteiger partial charge in [0.05, 0.1) is 12.4 Å². The van der Waals surface area contributed by atoms with Gasteiger partial charge >= 0.3 is 0 Å². The SMILES string of the molecule is Cn1ccnc1C(NCC1CCCO1)c1ccco1. The zero-order valence-electron chi connectivity index (χ0n) is 11.1. The molecule has 3 rings (SSSR count). The minimum atomic E-state index is -0.0285. The number of nitrogens with one attached hydrogen (secondary N) is 1. The number of nitrogens with zero attached hydrogens (tertiary/aromatic N) is 2. The number of hydrogen-bond donors (Lipinski definition) is 1. The van der Waals surface area contributed by atoms with Crippen LogP contribution in [0.2, 0.25) is 0 Å². The summed E-state index contributed by atoms with van der Waals surface area (Å²) in [6.45, 7) is 1.69. The van der Waals surface area contributed by atoms with Gasteiger partial charge in [-0.2, -0.15) is 0 Å². The largest absolute Gasteiger partial charge is 0.467 e. The van der Waals surface area contributed by atoms with Crippen LogP contribution in [0.15, 0.2) is 35.2 Å². The molecule has 1 N–H and O–H groups in total. The fourth-order valence-electron chi connectivity index (χ4n) is 2.48. The van der Waals surface area contributed by atoms with Crippen LogP contribution in [0.5, 0.6) is 0 Å². The Morgan fingerprint density at radius 3 is 3.16 bits per heavy atom. The van der Waals surface area contributed by atoms with Crippen LogP contribution in [0.3, 0.4) is 0 Å². The highest BCUT2D eigenvalue weighted by molar-refractivity contribution is 5.15. The molecule has 5 heteroatoms. The Balaban J connectivity index is 1.75.